The van der Waals surface area contributed by atoms with Crippen molar-refractivity contribution in [3.8, 4) is 0 Å². The van der Waals surface area contributed by atoms with Gasteiger partial charge in [0.25, 0.3) is 15.9 Å². The summed E-state index contributed by atoms with van der Waals surface area (Å²) < 4.78 is 26.9. The molecule has 0 bridgehead atoms. The van der Waals surface area contributed by atoms with Gasteiger partial charge >= 0.3 is 0 Å². The van der Waals surface area contributed by atoms with E-state index in [1.54, 1.807) is 30.3 Å². The van der Waals surface area contributed by atoms with E-state index < -0.39 is 34.4 Å². The molecule has 0 spiro atoms. The lowest BCUT2D eigenvalue weighted by Crippen LogP contribution is -2.54. The van der Waals surface area contributed by atoms with Gasteiger partial charge < -0.3 is 10.2 Å². The third-order valence-corrected chi connectivity index (χ3v) is 8.77. The number of halogens is 1. The van der Waals surface area contributed by atoms with Crippen LogP contribution in [0.25, 0.3) is 0 Å². The number of hydrogen-bond donors (Lipinski definition) is 1. The summed E-state index contributed by atoms with van der Waals surface area (Å²) in [4.78, 5) is 41.7. The molecule has 0 unspecified atom stereocenters. The average Bonchev–Trinajstić information content (AvgIpc) is 3.12. The van der Waals surface area contributed by atoms with Gasteiger partial charge in [0.2, 0.25) is 11.8 Å². The number of sulfonamides is 1. The zero-order valence-corrected chi connectivity index (χ0v) is 23.3. The summed E-state index contributed by atoms with van der Waals surface area (Å²) in [6, 6.07) is 20.8. The maximum absolute atomic E-state index is 13.9. The Labute approximate surface area is 233 Å². The Morgan fingerprint density at radius 3 is 2.23 bits per heavy atom. The van der Waals surface area contributed by atoms with Gasteiger partial charge in [-0.1, -0.05) is 73.1 Å². The average molecular weight is 568 g/mol. The van der Waals surface area contributed by atoms with E-state index in [-0.39, 0.29) is 35.4 Å². The Morgan fingerprint density at radius 2 is 1.59 bits per heavy atom. The van der Waals surface area contributed by atoms with Gasteiger partial charge in [-0.05, 0) is 48.7 Å². The number of nitrogens with zero attached hydrogens (tertiary/aromatic N) is 2. The fraction of sp³-hybridized carbons (Fsp3) is 0.276. The first-order valence-corrected chi connectivity index (χ1v) is 14.5. The van der Waals surface area contributed by atoms with Crippen LogP contribution in [0.2, 0.25) is 5.02 Å². The van der Waals surface area contributed by atoms with Crippen molar-refractivity contribution in [1.82, 2.24) is 14.5 Å². The van der Waals surface area contributed by atoms with Crippen LogP contribution in [0, 0.1) is 0 Å². The molecule has 1 N–H and O–H groups in total. The molecule has 2 atom stereocenters. The van der Waals surface area contributed by atoms with Crippen LogP contribution in [-0.4, -0.2) is 54.0 Å². The number of fused-ring (bicyclic) bond motifs is 1. The Hall–Kier alpha value is -3.69. The van der Waals surface area contributed by atoms with Gasteiger partial charge in [-0.3, -0.25) is 14.4 Å². The first-order valence-electron chi connectivity index (χ1n) is 12.7. The highest BCUT2D eigenvalue weighted by Gasteiger charge is 2.43. The Bertz CT molecular complexity index is 1460. The number of benzene rings is 3. The molecule has 0 saturated carbocycles. The van der Waals surface area contributed by atoms with Gasteiger partial charge in [-0.2, -0.15) is 0 Å². The number of carbonyl (C=O) groups is 3. The van der Waals surface area contributed by atoms with E-state index in [0.717, 1.165) is 5.56 Å². The number of hydrogen-bond acceptors (Lipinski definition) is 5. The first-order chi connectivity index (χ1) is 18.6. The topological polar surface area (TPSA) is 104 Å². The van der Waals surface area contributed by atoms with Crippen molar-refractivity contribution >= 4 is 39.3 Å². The van der Waals surface area contributed by atoms with Gasteiger partial charge in [0, 0.05) is 24.0 Å². The fourth-order valence-corrected chi connectivity index (χ4v) is 6.03. The Kier molecular flexibility index (Phi) is 8.72. The van der Waals surface area contributed by atoms with Gasteiger partial charge in [-0.25, -0.2) is 12.7 Å². The van der Waals surface area contributed by atoms with E-state index in [9.17, 15) is 22.8 Å². The quantitative estimate of drug-likeness (QED) is 0.398. The van der Waals surface area contributed by atoms with Gasteiger partial charge in [-0.15, -0.1) is 0 Å². The minimum absolute atomic E-state index is 0.0104. The molecule has 4 rings (SSSR count). The van der Waals surface area contributed by atoms with Crippen molar-refractivity contribution in [3.05, 3.63) is 101 Å². The minimum atomic E-state index is -4.21. The second kappa shape index (κ2) is 12.0. The molecule has 0 saturated heterocycles. The molecule has 3 aromatic rings. The zero-order chi connectivity index (χ0) is 28.2. The van der Waals surface area contributed by atoms with E-state index in [0.29, 0.717) is 21.3 Å². The second-order valence-corrected chi connectivity index (χ2v) is 11.8. The number of rotatable bonds is 10. The molecule has 204 valence electrons. The van der Waals surface area contributed by atoms with E-state index >= 15 is 0 Å². The molecule has 0 aromatic heterocycles. The van der Waals surface area contributed by atoms with Crippen molar-refractivity contribution in [2.45, 2.75) is 50.2 Å². The van der Waals surface area contributed by atoms with E-state index in [1.807, 2.05) is 44.2 Å². The smallest absolute Gasteiger partial charge is 0.269 e. The highest BCUT2D eigenvalue weighted by molar-refractivity contribution is 7.90. The molecule has 10 heteroatoms. The lowest BCUT2D eigenvalue weighted by Gasteiger charge is -2.33. The Balaban J connectivity index is 1.71. The molecule has 1 aliphatic rings. The highest BCUT2D eigenvalue weighted by Crippen LogP contribution is 2.30. The van der Waals surface area contributed by atoms with E-state index in [4.69, 9.17) is 11.6 Å². The summed E-state index contributed by atoms with van der Waals surface area (Å²) in [6.45, 7) is 3.09. The summed E-state index contributed by atoms with van der Waals surface area (Å²) in [5, 5.41) is 3.47. The SMILES string of the molecule is CC[C@@H](C)NC(=O)[C@H](Cc1ccccc1)N(Cc1ccc(Cl)cc1)C(=O)CN1C(=O)c2ccccc2S1(=O)=O. The minimum Gasteiger partial charge on any atom is -0.352 e. The summed E-state index contributed by atoms with van der Waals surface area (Å²) >= 11 is 6.05. The second-order valence-electron chi connectivity index (χ2n) is 9.48. The van der Waals surface area contributed by atoms with Crippen LogP contribution < -0.4 is 5.32 Å². The molecule has 0 aliphatic carbocycles. The van der Waals surface area contributed by atoms with Crippen LogP contribution in [0.1, 0.15) is 41.8 Å². The van der Waals surface area contributed by atoms with Gasteiger partial charge in [0.05, 0.1) is 5.56 Å². The normalized spacial score (nSPS) is 15.4. The van der Waals surface area contributed by atoms with E-state index in [1.165, 1.54) is 23.1 Å². The lowest BCUT2D eigenvalue weighted by atomic mass is 10.0. The number of nitrogens with one attached hydrogen (secondary N) is 1. The summed E-state index contributed by atoms with van der Waals surface area (Å²) in [6.07, 6.45) is 0.886. The van der Waals surface area contributed by atoms with Crippen molar-refractivity contribution in [3.63, 3.8) is 0 Å². The molecule has 3 aromatic carbocycles. The van der Waals surface area contributed by atoms with Crippen molar-refractivity contribution < 1.29 is 22.8 Å². The first kappa shape index (κ1) is 28.3. The molecule has 1 aliphatic heterocycles. The van der Waals surface area contributed by atoms with Crippen LogP contribution in [0.15, 0.2) is 83.8 Å². The number of carbonyl (C=O) groups excluding carboxylic acids is 3. The third kappa shape index (κ3) is 6.32. The largest absolute Gasteiger partial charge is 0.352 e. The molecule has 0 fully saturated rings. The number of amides is 3. The fourth-order valence-electron chi connectivity index (χ4n) is 4.38. The van der Waals surface area contributed by atoms with E-state index in [2.05, 4.69) is 5.32 Å². The van der Waals surface area contributed by atoms with Crippen LogP contribution in [0.3, 0.4) is 0 Å². The lowest BCUT2D eigenvalue weighted by molar-refractivity contribution is -0.141. The van der Waals surface area contributed by atoms with Gasteiger partial charge in [0.1, 0.15) is 17.5 Å². The molecule has 3 amide bonds. The van der Waals surface area contributed by atoms with Crippen molar-refractivity contribution in [1.29, 1.82) is 0 Å². The highest BCUT2D eigenvalue weighted by atomic mass is 35.5. The predicted molar refractivity (Wildman–Crippen MR) is 148 cm³/mol. The summed E-state index contributed by atoms with van der Waals surface area (Å²) in [5.74, 6) is -1.81. The molecule has 1 heterocycles. The summed E-state index contributed by atoms with van der Waals surface area (Å²) in [5.41, 5.74) is 1.54. The standard InChI is InChI=1S/C29H30ClN3O5S/c1-3-20(2)31-28(35)25(17-21-9-5-4-6-10-21)32(18-22-13-15-23(30)16-14-22)27(34)19-33-29(36)24-11-7-8-12-26(24)39(33,37)38/h4-16,20,25H,3,17-19H2,1-2H3,(H,31,35)/t20-,25+/m1/s1. The third-order valence-electron chi connectivity index (χ3n) is 6.73. The molecule has 0 radical (unpaired) electrons. The maximum Gasteiger partial charge on any atom is 0.269 e. The molecule has 39 heavy (non-hydrogen) atoms. The summed E-state index contributed by atoms with van der Waals surface area (Å²) in [7, 11) is -4.21. The predicted octanol–water partition coefficient (Wildman–Crippen LogP) is 4.04. The van der Waals surface area contributed by atoms with Crippen molar-refractivity contribution in [2.75, 3.05) is 6.54 Å². The molecular weight excluding hydrogens is 538 g/mol. The van der Waals surface area contributed by atoms with Gasteiger partial charge in [0.15, 0.2) is 0 Å². The molecule has 8 nitrogen and oxygen atoms in total. The van der Waals surface area contributed by atoms with Crippen molar-refractivity contribution in [2.24, 2.45) is 0 Å². The zero-order valence-electron chi connectivity index (χ0n) is 21.7. The molecular formula is C29H30ClN3O5S. The monoisotopic (exact) mass is 567 g/mol. The van der Waals surface area contributed by atoms with Crippen LogP contribution in [0.4, 0.5) is 0 Å². The maximum atomic E-state index is 13.9. The van der Waals surface area contributed by atoms with Crippen LogP contribution in [-0.2, 0) is 32.6 Å². The van der Waals surface area contributed by atoms with Crippen LogP contribution >= 0.6 is 11.6 Å². The van der Waals surface area contributed by atoms with Crippen LogP contribution in [0.5, 0.6) is 0 Å². The Morgan fingerprint density at radius 1 is 0.949 bits per heavy atom.